The molecule has 1 atom stereocenters. The van der Waals surface area contributed by atoms with Crippen LogP contribution in [0.5, 0.6) is 0 Å². The molecule has 1 aromatic rings. The van der Waals surface area contributed by atoms with Crippen LogP contribution in [0.4, 0.5) is 0 Å². The van der Waals surface area contributed by atoms with Gasteiger partial charge in [-0.2, -0.15) is 5.10 Å². The molecule has 3 heteroatoms. The summed E-state index contributed by atoms with van der Waals surface area (Å²) in [4.78, 5) is 0. The number of hydrogen-bond acceptors (Lipinski definition) is 1. The van der Waals surface area contributed by atoms with Crippen LogP contribution >= 0.6 is 15.9 Å². The highest BCUT2D eigenvalue weighted by atomic mass is 79.9. The number of hydrogen-bond donors (Lipinski definition) is 0. The fourth-order valence-electron chi connectivity index (χ4n) is 2.20. The van der Waals surface area contributed by atoms with Gasteiger partial charge in [-0.15, -0.1) is 0 Å². The van der Waals surface area contributed by atoms with E-state index in [-0.39, 0.29) is 0 Å². The highest BCUT2D eigenvalue weighted by Gasteiger charge is 2.24. The Morgan fingerprint density at radius 3 is 2.33 bits per heavy atom. The van der Waals surface area contributed by atoms with Gasteiger partial charge < -0.3 is 0 Å². The lowest BCUT2D eigenvalue weighted by Gasteiger charge is -2.28. The lowest BCUT2D eigenvalue weighted by atomic mass is 9.79. The van der Waals surface area contributed by atoms with E-state index in [4.69, 9.17) is 5.10 Å². The Morgan fingerprint density at radius 1 is 1.28 bits per heavy atom. The van der Waals surface area contributed by atoms with Gasteiger partial charge in [0.2, 0.25) is 0 Å². The second-order valence-corrected chi connectivity index (χ2v) is 6.83. The molecule has 0 saturated carbocycles. The van der Waals surface area contributed by atoms with Gasteiger partial charge in [0.05, 0.1) is 11.7 Å². The minimum absolute atomic E-state index is 0.322. The van der Waals surface area contributed by atoms with E-state index < -0.39 is 0 Å². The summed E-state index contributed by atoms with van der Waals surface area (Å²) < 4.78 is 2.14. The predicted molar refractivity (Wildman–Crippen MR) is 82.3 cm³/mol. The lowest BCUT2D eigenvalue weighted by Crippen LogP contribution is -2.24. The molecule has 0 radical (unpaired) electrons. The van der Waals surface area contributed by atoms with Crippen LogP contribution < -0.4 is 0 Å². The van der Waals surface area contributed by atoms with E-state index >= 15 is 0 Å². The smallest absolute Gasteiger partial charge is 0.0628 e. The van der Waals surface area contributed by atoms with Gasteiger partial charge in [-0.05, 0) is 36.7 Å². The van der Waals surface area contributed by atoms with E-state index in [1.54, 1.807) is 0 Å². The molecule has 0 aliphatic heterocycles. The molecule has 2 nitrogen and oxygen atoms in total. The second kappa shape index (κ2) is 6.74. The van der Waals surface area contributed by atoms with Crippen LogP contribution in [-0.2, 0) is 6.42 Å². The maximum atomic E-state index is 4.75. The molecule has 0 fully saturated rings. The van der Waals surface area contributed by atoms with Crippen molar-refractivity contribution >= 4 is 15.9 Å². The van der Waals surface area contributed by atoms with Gasteiger partial charge in [0.15, 0.2) is 0 Å². The van der Waals surface area contributed by atoms with Gasteiger partial charge in [-0.25, -0.2) is 0 Å². The van der Waals surface area contributed by atoms with Gasteiger partial charge in [0.25, 0.3) is 0 Å². The van der Waals surface area contributed by atoms with Crippen molar-refractivity contribution in [2.24, 2.45) is 11.3 Å². The summed E-state index contributed by atoms with van der Waals surface area (Å²) in [5.41, 5.74) is 1.55. The standard InChI is InChI=1S/C15H27BrN2/c1-6-14(7-2)18-9-8-13(17-18)10-12(11-16)15(3,4)5/h8-9,12,14H,6-7,10-11H2,1-5H3. The largest absolute Gasteiger partial charge is 0.269 e. The van der Waals surface area contributed by atoms with Crippen LogP contribution in [0.3, 0.4) is 0 Å². The van der Waals surface area contributed by atoms with E-state index in [1.807, 2.05) is 0 Å². The highest BCUT2D eigenvalue weighted by molar-refractivity contribution is 9.09. The van der Waals surface area contributed by atoms with Gasteiger partial charge in [0.1, 0.15) is 0 Å². The molecule has 0 spiro atoms. The molecule has 0 amide bonds. The second-order valence-electron chi connectivity index (χ2n) is 6.18. The first-order chi connectivity index (χ1) is 8.42. The summed E-state index contributed by atoms with van der Waals surface area (Å²) in [7, 11) is 0. The fraction of sp³-hybridized carbons (Fsp3) is 0.800. The molecule has 0 aliphatic carbocycles. The summed E-state index contributed by atoms with van der Waals surface area (Å²) in [5, 5.41) is 5.79. The number of aromatic nitrogens is 2. The van der Waals surface area contributed by atoms with Crippen molar-refractivity contribution in [3.8, 4) is 0 Å². The Balaban J connectivity index is 2.74. The molecule has 18 heavy (non-hydrogen) atoms. The highest BCUT2D eigenvalue weighted by Crippen LogP contribution is 2.30. The van der Waals surface area contributed by atoms with E-state index in [0.717, 1.165) is 24.6 Å². The molecule has 0 aliphatic rings. The van der Waals surface area contributed by atoms with Gasteiger partial charge in [-0.1, -0.05) is 50.5 Å². The molecule has 104 valence electrons. The lowest BCUT2D eigenvalue weighted by molar-refractivity contribution is 0.264. The maximum Gasteiger partial charge on any atom is 0.0628 e. The Kier molecular flexibility index (Phi) is 5.90. The summed E-state index contributed by atoms with van der Waals surface area (Å²) in [6.07, 6.45) is 5.50. The molecule has 0 saturated heterocycles. The van der Waals surface area contributed by atoms with Crippen molar-refractivity contribution in [1.29, 1.82) is 0 Å². The van der Waals surface area contributed by atoms with E-state index in [1.165, 1.54) is 5.69 Å². The first kappa shape index (κ1) is 15.7. The number of halogens is 1. The zero-order valence-electron chi connectivity index (χ0n) is 12.4. The maximum absolute atomic E-state index is 4.75. The molecule has 1 rings (SSSR count). The van der Waals surface area contributed by atoms with Crippen LogP contribution in [0, 0.1) is 11.3 Å². The summed E-state index contributed by atoms with van der Waals surface area (Å²) in [6, 6.07) is 2.73. The van der Waals surface area contributed by atoms with Crippen molar-refractivity contribution in [3.63, 3.8) is 0 Å². The molecular formula is C15H27BrN2. The summed E-state index contributed by atoms with van der Waals surface area (Å²) >= 11 is 3.64. The minimum Gasteiger partial charge on any atom is -0.269 e. The van der Waals surface area contributed by atoms with Crippen molar-refractivity contribution in [2.75, 3.05) is 5.33 Å². The SMILES string of the molecule is CCC(CC)n1ccc(CC(CBr)C(C)(C)C)n1. The number of rotatable bonds is 6. The normalized spacial score (nSPS) is 14.2. The van der Waals surface area contributed by atoms with E-state index in [9.17, 15) is 0 Å². The molecular weight excluding hydrogens is 288 g/mol. The molecule has 0 bridgehead atoms. The fourth-order valence-corrected chi connectivity index (χ4v) is 3.40. The molecule has 0 N–H and O–H groups in total. The minimum atomic E-state index is 0.322. The van der Waals surface area contributed by atoms with Crippen LogP contribution in [0.1, 0.15) is 59.2 Å². The Hall–Kier alpha value is -0.310. The molecule has 1 heterocycles. The third-order valence-corrected chi connectivity index (χ3v) is 4.63. The molecule has 1 unspecified atom stereocenters. The summed E-state index contributed by atoms with van der Waals surface area (Å²) in [5.74, 6) is 0.627. The topological polar surface area (TPSA) is 17.8 Å². The zero-order chi connectivity index (χ0) is 13.8. The molecule has 0 aromatic carbocycles. The van der Waals surface area contributed by atoms with Crippen molar-refractivity contribution in [2.45, 2.75) is 59.9 Å². The van der Waals surface area contributed by atoms with Gasteiger partial charge >= 0.3 is 0 Å². The van der Waals surface area contributed by atoms with Crippen LogP contribution in [0.25, 0.3) is 0 Å². The van der Waals surface area contributed by atoms with Crippen LogP contribution in [0.15, 0.2) is 12.3 Å². The zero-order valence-corrected chi connectivity index (χ0v) is 14.0. The molecule has 1 aromatic heterocycles. The first-order valence-electron chi connectivity index (χ1n) is 7.02. The number of alkyl halides is 1. The third-order valence-electron chi connectivity index (χ3n) is 3.85. The predicted octanol–water partition coefficient (Wildman–Crippen LogP) is 4.84. The Morgan fingerprint density at radius 2 is 1.89 bits per heavy atom. The Labute approximate surface area is 120 Å². The van der Waals surface area contributed by atoms with E-state index in [2.05, 4.69) is 67.5 Å². The van der Waals surface area contributed by atoms with Crippen molar-refractivity contribution in [3.05, 3.63) is 18.0 Å². The van der Waals surface area contributed by atoms with Gasteiger partial charge in [0, 0.05) is 11.5 Å². The quantitative estimate of drug-likeness (QED) is 0.687. The average Bonchev–Trinajstić information content (AvgIpc) is 2.74. The first-order valence-corrected chi connectivity index (χ1v) is 8.14. The van der Waals surface area contributed by atoms with Crippen molar-refractivity contribution in [1.82, 2.24) is 9.78 Å². The Bertz CT molecular complexity index is 348. The van der Waals surface area contributed by atoms with Crippen molar-refractivity contribution < 1.29 is 0 Å². The third kappa shape index (κ3) is 4.11. The average molecular weight is 315 g/mol. The number of nitrogens with zero attached hydrogens (tertiary/aromatic N) is 2. The monoisotopic (exact) mass is 314 g/mol. The van der Waals surface area contributed by atoms with Gasteiger partial charge in [-0.3, -0.25) is 4.68 Å². The summed E-state index contributed by atoms with van der Waals surface area (Å²) in [6.45, 7) is 11.4. The van der Waals surface area contributed by atoms with Crippen LogP contribution in [-0.4, -0.2) is 15.1 Å². The van der Waals surface area contributed by atoms with E-state index in [0.29, 0.717) is 17.4 Å². The van der Waals surface area contributed by atoms with Crippen LogP contribution in [0.2, 0.25) is 0 Å².